The summed E-state index contributed by atoms with van der Waals surface area (Å²) in [5, 5.41) is 11.2. The van der Waals surface area contributed by atoms with Crippen molar-refractivity contribution in [3.8, 4) is 11.8 Å². The van der Waals surface area contributed by atoms with Crippen LogP contribution in [0.5, 0.6) is 0 Å². The number of halogens is 8. The Morgan fingerprint density at radius 3 is 1.93 bits per heavy atom. The molecule has 29 heavy (non-hydrogen) atoms. The number of aromatic nitrogens is 2. The molecule has 0 N–H and O–H groups in total. The highest BCUT2D eigenvalue weighted by Crippen LogP contribution is 2.42. The molecule has 0 saturated carbocycles. The minimum Gasteiger partial charge on any atom is -0.361 e. The van der Waals surface area contributed by atoms with E-state index in [-0.39, 0.29) is 0 Å². The van der Waals surface area contributed by atoms with Gasteiger partial charge in [-0.2, -0.15) is 36.7 Å². The second kappa shape index (κ2) is 7.26. The Labute approximate surface area is 169 Å². The predicted molar refractivity (Wildman–Crippen MR) is 90.9 cm³/mol. The van der Waals surface area contributed by atoms with Crippen molar-refractivity contribution in [3.05, 3.63) is 33.4 Å². The Bertz CT molecular complexity index is 1090. The molecule has 0 unspecified atom stereocenters. The molecule has 0 aliphatic carbocycles. The van der Waals surface area contributed by atoms with E-state index in [0.717, 1.165) is 19.0 Å². The number of nitriles is 1. The summed E-state index contributed by atoms with van der Waals surface area (Å²) < 4.78 is 102. The molecule has 158 valence electrons. The number of hydrogen-bond donors (Lipinski definition) is 0. The molecule has 1 aromatic carbocycles. The number of anilines is 1. The molecule has 0 spiro atoms. The van der Waals surface area contributed by atoms with Crippen LogP contribution in [0.15, 0.2) is 17.0 Å². The lowest BCUT2D eigenvalue weighted by atomic mass is 10.2. The Morgan fingerprint density at radius 2 is 1.59 bits per heavy atom. The predicted octanol–water partition coefficient (Wildman–Crippen LogP) is 4.43. The van der Waals surface area contributed by atoms with Gasteiger partial charge in [0, 0.05) is 14.1 Å². The van der Waals surface area contributed by atoms with Crippen LogP contribution in [-0.2, 0) is 16.0 Å². The van der Waals surface area contributed by atoms with Crippen molar-refractivity contribution < 1.29 is 34.8 Å². The highest BCUT2D eigenvalue weighted by atomic mass is 35.5. The molecule has 1 heterocycles. The molecule has 2 aromatic rings. The van der Waals surface area contributed by atoms with Crippen LogP contribution in [0, 0.1) is 11.3 Å². The normalized spacial score (nSPS) is 12.7. The van der Waals surface area contributed by atoms with E-state index >= 15 is 0 Å². The van der Waals surface area contributed by atoms with Gasteiger partial charge in [-0.3, -0.25) is 0 Å². The molecule has 6 nitrogen and oxygen atoms in total. The summed E-state index contributed by atoms with van der Waals surface area (Å²) in [6.07, 6.45) is -4.83. The van der Waals surface area contributed by atoms with Gasteiger partial charge in [-0.15, -0.1) is 0 Å². The van der Waals surface area contributed by atoms with Crippen LogP contribution in [0.25, 0.3) is 5.69 Å². The highest BCUT2D eigenvalue weighted by molar-refractivity contribution is 7.92. The van der Waals surface area contributed by atoms with Gasteiger partial charge < -0.3 is 4.90 Å². The third kappa shape index (κ3) is 3.96. The van der Waals surface area contributed by atoms with Crippen molar-refractivity contribution in [2.24, 2.45) is 0 Å². The number of sulfone groups is 1. The van der Waals surface area contributed by atoms with Crippen LogP contribution in [0.4, 0.5) is 32.2 Å². The van der Waals surface area contributed by atoms with Crippen molar-refractivity contribution in [2.75, 3.05) is 19.0 Å². The van der Waals surface area contributed by atoms with E-state index in [1.807, 2.05) is 0 Å². The Kier molecular flexibility index (Phi) is 5.79. The maximum absolute atomic E-state index is 13.1. The van der Waals surface area contributed by atoms with Gasteiger partial charge in [0.2, 0.25) is 0 Å². The summed E-state index contributed by atoms with van der Waals surface area (Å²) in [4.78, 5) is -0.610. The van der Waals surface area contributed by atoms with Crippen molar-refractivity contribution in [1.82, 2.24) is 9.78 Å². The largest absolute Gasteiger partial charge is 0.502 e. The number of alkyl halides is 6. The van der Waals surface area contributed by atoms with Crippen LogP contribution < -0.4 is 4.90 Å². The smallest absolute Gasteiger partial charge is 0.361 e. The molecular weight excluding hydrogens is 473 g/mol. The van der Waals surface area contributed by atoms with Crippen LogP contribution in [0.1, 0.15) is 11.3 Å². The summed E-state index contributed by atoms with van der Waals surface area (Å²) in [5.74, 6) is -0.776. The number of hydrogen-bond acceptors (Lipinski definition) is 5. The van der Waals surface area contributed by atoms with Gasteiger partial charge in [0.1, 0.15) is 11.8 Å². The van der Waals surface area contributed by atoms with Crippen LogP contribution >= 0.6 is 23.2 Å². The molecule has 0 aliphatic rings. The Hall–Kier alpha value is -2.17. The standard InChI is InChI=1S/C14H8Cl2F6N4O2S/c1-25(2)12-11(29(27,28)14(20,21)22)9(5-23)24-26(12)10-7(15)3-6(4-8(10)16)13(17,18)19/h3-4H,1-2H3. The first kappa shape index (κ1) is 23.1. The van der Waals surface area contributed by atoms with Crippen LogP contribution in [0.2, 0.25) is 10.0 Å². The van der Waals surface area contributed by atoms with Crippen molar-refractivity contribution in [2.45, 2.75) is 16.6 Å². The minimum absolute atomic E-state index is 0.438. The summed E-state index contributed by atoms with van der Waals surface area (Å²) in [5.41, 5.74) is -8.70. The fourth-order valence-electron chi connectivity index (χ4n) is 2.31. The van der Waals surface area contributed by atoms with Crippen LogP contribution in [-0.4, -0.2) is 37.8 Å². The third-order valence-electron chi connectivity index (χ3n) is 3.48. The second-order valence-corrected chi connectivity index (χ2v) is 8.35. The molecule has 0 radical (unpaired) electrons. The molecule has 15 heteroatoms. The lowest BCUT2D eigenvalue weighted by Crippen LogP contribution is -2.26. The van der Waals surface area contributed by atoms with E-state index in [2.05, 4.69) is 5.10 Å². The third-order valence-corrected chi connectivity index (χ3v) is 5.58. The summed E-state index contributed by atoms with van der Waals surface area (Å²) in [7, 11) is -3.78. The first-order valence-corrected chi connectivity index (χ1v) is 9.36. The maximum atomic E-state index is 13.1. The van der Waals surface area contributed by atoms with E-state index in [4.69, 9.17) is 28.5 Å². The Balaban J connectivity index is 2.96. The Morgan fingerprint density at radius 1 is 1.10 bits per heavy atom. The van der Waals surface area contributed by atoms with Gasteiger partial charge in [0.05, 0.1) is 15.6 Å². The van der Waals surface area contributed by atoms with Crippen molar-refractivity contribution in [3.63, 3.8) is 0 Å². The molecule has 0 atom stereocenters. The van der Waals surface area contributed by atoms with Crippen molar-refractivity contribution >= 4 is 38.9 Å². The zero-order chi connectivity index (χ0) is 22.5. The van der Waals surface area contributed by atoms with Gasteiger partial charge in [-0.05, 0) is 12.1 Å². The molecule has 0 bridgehead atoms. The molecule has 2 rings (SSSR count). The van der Waals surface area contributed by atoms with Gasteiger partial charge in [-0.1, -0.05) is 23.2 Å². The molecular formula is C14H8Cl2F6N4O2S. The maximum Gasteiger partial charge on any atom is 0.502 e. The molecule has 0 saturated heterocycles. The fraction of sp³-hybridized carbons (Fsp3) is 0.286. The van der Waals surface area contributed by atoms with Crippen molar-refractivity contribution in [1.29, 1.82) is 5.26 Å². The fourth-order valence-corrected chi connectivity index (χ4v) is 4.04. The monoisotopic (exact) mass is 480 g/mol. The van der Waals surface area contributed by atoms with E-state index in [9.17, 15) is 34.8 Å². The summed E-state index contributed by atoms with van der Waals surface area (Å²) in [6.45, 7) is 0. The average Bonchev–Trinajstić information content (AvgIpc) is 2.92. The average molecular weight is 481 g/mol. The van der Waals surface area contributed by atoms with E-state index in [1.165, 1.54) is 6.07 Å². The number of benzene rings is 1. The first-order chi connectivity index (χ1) is 13.0. The van der Waals surface area contributed by atoms with Gasteiger partial charge in [0.25, 0.3) is 9.84 Å². The van der Waals surface area contributed by atoms with Gasteiger partial charge in [0.15, 0.2) is 16.4 Å². The summed E-state index contributed by atoms with van der Waals surface area (Å²) >= 11 is 11.7. The van der Waals surface area contributed by atoms with E-state index in [1.54, 1.807) is 0 Å². The molecule has 0 fully saturated rings. The molecule has 0 aliphatic heterocycles. The quantitative estimate of drug-likeness (QED) is 0.607. The lowest BCUT2D eigenvalue weighted by Gasteiger charge is -2.19. The lowest BCUT2D eigenvalue weighted by molar-refractivity contribution is -0.137. The van der Waals surface area contributed by atoms with Crippen LogP contribution in [0.3, 0.4) is 0 Å². The number of rotatable bonds is 3. The zero-order valence-corrected chi connectivity index (χ0v) is 16.5. The second-order valence-electron chi connectivity index (χ2n) is 5.65. The summed E-state index contributed by atoms with van der Waals surface area (Å²) in [6, 6.07) is 2.11. The van der Waals surface area contributed by atoms with Gasteiger partial charge in [-0.25, -0.2) is 13.1 Å². The van der Waals surface area contributed by atoms with Gasteiger partial charge >= 0.3 is 11.7 Å². The van der Waals surface area contributed by atoms with E-state index in [0.29, 0.717) is 16.8 Å². The SMILES string of the molecule is CN(C)c1c(S(=O)(=O)C(F)(F)F)c(C#N)nn1-c1c(Cl)cc(C(F)(F)F)cc1Cl. The molecule has 0 amide bonds. The first-order valence-electron chi connectivity index (χ1n) is 7.12. The zero-order valence-electron chi connectivity index (χ0n) is 14.2. The molecule has 1 aromatic heterocycles. The number of nitrogens with zero attached hydrogens (tertiary/aromatic N) is 4. The topological polar surface area (TPSA) is 79.0 Å². The minimum atomic E-state index is -6.05. The highest BCUT2D eigenvalue weighted by Gasteiger charge is 2.51. The van der Waals surface area contributed by atoms with E-state index < -0.39 is 59.2 Å².